The van der Waals surface area contributed by atoms with Crippen LogP contribution in [-0.4, -0.2) is 11.0 Å². The molecular weight excluding hydrogens is 284 g/mol. The summed E-state index contributed by atoms with van der Waals surface area (Å²) in [5, 5.41) is 3.43. The summed E-state index contributed by atoms with van der Waals surface area (Å²) in [7, 11) is 0. The second-order valence-electron chi connectivity index (χ2n) is 4.23. The number of hydrogen-bond donors (Lipinski definition) is 2. The van der Waals surface area contributed by atoms with E-state index < -0.39 is 0 Å². The van der Waals surface area contributed by atoms with E-state index in [9.17, 15) is 0 Å². The van der Waals surface area contributed by atoms with Crippen molar-refractivity contribution in [2.75, 3.05) is 5.32 Å². The molecule has 1 atom stereocenters. The van der Waals surface area contributed by atoms with Gasteiger partial charge in [-0.15, -0.1) is 0 Å². The van der Waals surface area contributed by atoms with Gasteiger partial charge < -0.3 is 11.1 Å². The van der Waals surface area contributed by atoms with E-state index in [2.05, 4.69) is 42.0 Å². The zero-order valence-corrected chi connectivity index (χ0v) is 12.2. The zero-order chi connectivity index (χ0) is 12.3. The van der Waals surface area contributed by atoms with Crippen LogP contribution in [0.4, 0.5) is 5.69 Å². The van der Waals surface area contributed by atoms with E-state index in [4.69, 9.17) is 18.0 Å². The van der Waals surface area contributed by atoms with E-state index in [-0.39, 0.29) is 0 Å². The number of hydrogen-bond acceptors (Lipinski definition) is 2. The smallest absolute Gasteiger partial charge is 0.106 e. The molecule has 0 aromatic heterocycles. The number of nitrogens with one attached hydrogen (secondary N) is 1. The first-order valence-electron chi connectivity index (χ1n) is 5.27. The van der Waals surface area contributed by atoms with Crippen LogP contribution in [0.2, 0.25) is 0 Å². The molecule has 0 saturated carbocycles. The van der Waals surface area contributed by atoms with Crippen molar-refractivity contribution in [3.8, 4) is 0 Å². The van der Waals surface area contributed by atoms with Crippen LogP contribution >= 0.6 is 28.1 Å². The zero-order valence-electron chi connectivity index (χ0n) is 9.75. The highest BCUT2D eigenvalue weighted by Gasteiger charge is 2.11. The number of benzene rings is 1. The summed E-state index contributed by atoms with van der Waals surface area (Å²) in [6, 6.07) is 6.31. The molecule has 0 aliphatic carbocycles. The molecule has 2 nitrogen and oxygen atoms in total. The minimum Gasteiger partial charge on any atom is -0.389 e. The number of halogens is 1. The largest absolute Gasteiger partial charge is 0.389 e. The fraction of sp³-hybridized carbons (Fsp3) is 0.417. The number of anilines is 1. The summed E-state index contributed by atoms with van der Waals surface area (Å²) in [4.78, 5) is 0.416. The lowest BCUT2D eigenvalue weighted by Gasteiger charge is -2.21. The van der Waals surface area contributed by atoms with Gasteiger partial charge in [0.25, 0.3) is 0 Å². The summed E-state index contributed by atoms with van der Waals surface area (Å²) in [6.45, 7) is 6.50. The lowest BCUT2D eigenvalue weighted by Crippen LogP contribution is -2.23. The highest BCUT2D eigenvalue weighted by Crippen LogP contribution is 2.22. The van der Waals surface area contributed by atoms with Crippen molar-refractivity contribution < 1.29 is 0 Å². The lowest BCUT2D eigenvalue weighted by atomic mass is 10.1. The molecule has 88 valence electrons. The van der Waals surface area contributed by atoms with Crippen molar-refractivity contribution in [2.24, 2.45) is 11.7 Å². The minimum atomic E-state index is 0.384. The first kappa shape index (κ1) is 13.5. The average molecular weight is 301 g/mol. The Hall–Kier alpha value is -0.610. The second-order valence-corrected chi connectivity index (χ2v) is 5.59. The van der Waals surface area contributed by atoms with Gasteiger partial charge in [0, 0.05) is 21.8 Å². The molecule has 1 aromatic rings. The maximum Gasteiger partial charge on any atom is 0.106 e. The molecule has 1 rings (SSSR count). The molecular formula is C12H17BrN2S. The van der Waals surface area contributed by atoms with Gasteiger partial charge in [-0.3, -0.25) is 0 Å². The Morgan fingerprint density at radius 1 is 1.38 bits per heavy atom. The minimum absolute atomic E-state index is 0.384. The maximum absolute atomic E-state index is 5.71. The van der Waals surface area contributed by atoms with Crippen molar-refractivity contribution >= 4 is 38.8 Å². The predicted molar refractivity (Wildman–Crippen MR) is 78.0 cm³/mol. The van der Waals surface area contributed by atoms with Gasteiger partial charge in [0.15, 0.2) is 0 Å². The van der Waals surface area contributed by atoms with Crippen LogP contribution in [0, 0.1) is 5.92 Å². The Balaban J connectivity index is 2.99. The van der Waals surface area contributed by atoms with Crippen LogP contribution in [0.15, 0.2) is 22.7 Å². The topological polar surface area (TPSA) is 38.0 Å². The van der Waals surface area contributed by atoms with Gasteiger partial charge in [-0.05, 0) is 31.0 Å². The highest BCUT2D eigenvalue weighted by atomic mass is 79.9. The van der Waals surface area contributed by atoms with Gasteiger partial charge in [0.05, 0.1) is 0 Å². The monoisotopic (exact) mass is 300 g/mol. The van der Waals surface area contributed by atoms with Crippen molar-refractivity contribution in [3.05, 3.63) is 28.2 Å². The van der Waals surface area contributed by atoms with Gasteiger partial charge in [-0.2, -0.15) is 0 Å². The predicted octanol–water partition coefficient (Wildman–Crippen LogP) is 3.54. The molecule has 0 heterocycles. The molecule has 0 amide bonds. The number of thiocarbonyl (C=S) groups is 1. The van der Waals surface area contributed by atoms with Crippen LogP contribution in [0.3, 0.4) is 0 Å². The molecule has 0 aliphatic heterocycles. The van der Waals surface area contributed by atoms with Crippen molar-refractivity contribution in [2.45, 2.75) is 26.8 Å². The summed E-state index contributed by atoms with van der Waals surface area (Å²) >= 11 is 8.46. The van der Waals surface area contributed by atoms with E-state index in [1.807, 2.05) is 18.2 Å². The first-order valence-corrected chi connectivity index (χ1v) is 6.48. The van der Waals surface area contributed by atoms with Crippen molar-refractivity contribution in [3.63, 3.8) is 0 Å². The van der Waals surface area contributed by atoms with E-state index in [0.29, 0.717) is 16.9 Å². The summed E-state index contributed by atoms with van der Waals surface area (Å²) in [5.74, 6) is 0.558. The quantitative estimate of drug-likeness (QED) is 0.835. The van der Waals surface area contributed by atoms with E-state index >= 15 is 0 Å². The highest BCUT2D eigenvalue weighted by molar-refractivity contribution is 9.10. The van der Waals surface area contributed by atoms with Crippen LogP contribution in [0.1, 0.15) is 26.3 Å². The van der Waals surface area contributed by atoms with Crippen LogP contribution in [0.5, 0.6) is 0 Å². The molecule has 0 saturated heterocycles. The Kier molecular flexibility index (Phi) is 4.74. The van der Waals surface area contributed by atoms with Gasteiger partial charge in [-0.1, -0.05) is 42.0 Å². The fourth-order valence-electron chi connectivity index (χ4n) is 1.26. The molecule has 0 radical (unpaired) electrons. The molecule has 0 aliphatic rings. The molecule has 0 fully saturated rings. The third kappa shape index (κ3) is 3.46. The van der Waals surface area contributed by atoms with Crippen molar-refractivity contribution in [1.82, 2.24) is 0 Å². The Labute approximate surface area is 111 Å². The van der Waals surface area contributed by atoms with Gasteiger partial charge in [-0.25, -0.2) is 0 Å². The van der Waals surface area contributed by atoms with Gasteiger partial charge in [0.2, 0.25) is 0 Å². The summed E-state index contributed by atoms with van der Waals surface area (Å²) < 4.78 is 0.984. The average Bonchev–Trinajstić information content (AvgIpc) is 2.20. The van der Waals surface area contributed by atoms with E-state index in [1.165, 1.54) is 0 Å². The molecule has 0 spiro atoms. The van der Waals surface area contributed by atoms with Crippen LogP contribution in [0.25, 0.3) is 0 Å². The molecule has 0 bridgehead atoms. The second kappa shape index (κ2) is 5.64. The van der Waals surface area contributed by atoms with E-state index in [0.717, 1.165) is 15.7 Å². The Bertz CT molecular complexity index is 391. The number of rotatable bonds is 4. The third-order valence-corrected chi connectivity index (χ3v) is 3.34. The molecule has 3 N–H and O–H groups in total. The summed E-state index contributed by atoms with van der Waals surface area (Å²) in [5.41, 5.74) is 7.59. The Morgan fingerprint density at radius 3 is 2.50 bits per heavy atom. The number of nitrogens with two attached hydrogens (primary N) is 1. The lowest BCUT2D eigenvalue weighted by molar-refractivity contribution is 0.560. The third-order valence-electron chi connectivity index (χ3n) is 2.63. The molecule has 4 heteroatoms. The summed E-state index contributed by atoms with van der Waals surface area (Å²) in [6.07, 6.45) is 0. The normalized spacial score (nSPS) is 12.6. The first-order chi connectivity index (χ1) is 7.41. The molecule has 1 aromatic carbocycles. The SMILES string of the molecule is CC(C)C(C)Nc1ccc(Br)cc1C(N)=S. The molecule has 16 heavy (non-hydrogen) atoms. The van der Waals surface area contributed by atoms with Gasteiger partial charge >= 0.3 is 0 Å². The van der Waals surface area contributed by atoms with Crippen molar-refractivity contribution in [1.29, 1.82) is 0 Å². The maximum atomic E-state index is 5.71. The Morgan fingerprint density at radius 2 is 2.00 bits per heavy atom. The van der Waals surface area contributed by atoms with Crippen LogP contribution < -0.4 is 11.1 Å². The van der Waals surface area contributed by atoms with E-state index in [1.54, 1.807) is 0 Å². The standard InChI is InChI=1S/C12H17BrN2S/c1-7(2)8(3)15-11-5-4-9(13)6-10(11)12(14)16/h4-8,15H,1-3H3,(H2,14,16). The van der Waals surface area contributed by atoms with Gasteiger partial charge in [0.1, 0.15) is 4.99 Å². The molecule has 1 unspecified atom stereocenters. The van der Waals surface area contributed by atoms with Crippen LogP contribution in [-0.2, 0) is 0 Å². The fourth-order valence-corrected chi connectivity index (χ4v) is 1.79.